The summed E-state index contributed by atoms with van der Waals surface area (Å²) in [5.41, 5.74) is -0.152. The number of hydrogen-bond acceptors (Lipinski definition) is 3. The summed E-state index contributed by atoms with van der Waals surface area (Å²) >= 11 is 0. The molecule has 2 N–H and O–H groups in total. The van der Waals surface area contributed by atoms with Crippen LogP contribution in [0.15, 0.2) is 0 Å². The number of carboxylic acid groups (broad SMARTS) is 1. The van der Waals surface area contributed by atoms with Gasteiger partial charge in [-0.3, -0.25) is 4.79 Å². The summed E-state index contributed by atoms with van der Waals surface area (Å²) in [5.74, 6) is -0.731. The van der Waals surface area contributed by atoms with Gasteiger partial charge in [0, 0.05) is 6.54 Å². The molecule has 0 aromatic carbocycles. The van der Waals surface area contributed by atoms with Crippen LogP contribution in [0, 0.1) is 5.41 Å². The van der Waals surface area contributed by atoms with Crippen LogP contribution in [0.3, 0.4) is 0 Å². The number of carboxylic acids is 1. The second-order valence-corrected chi connectivity index (χ2v) is 7.32. The van der Waals surface area contributed by atoms with E-state index in [0.29, 0.717) is 18.4 Å². The minimum atomic E-state index is -0.783. The number of rotatable bonds is 6. The van der Waals surface area contributed by atoms with Crippen molar-refractivity contribution in [1.82, 2.24) is 10.2 Å². The summed E-state index contributed by atoms with van der Waals surface area (Å²) in [5, 5.41) is 12.5. The van der Waals surface area contributed by atoms with Crippen molar-refractivity contribution in [2.45, 2.75) is 70.8 Å². The average molecular weight is 296 g/mol. The van der Waals surface area contributed by atoms with Gasteiger partial charge in [-0.2, -0.15) is 0 Å². The third-order valence-electron chi connectivity index (χ3n) is 5.80. The van der Waals surface area contributed by atoms with Gasteiger partial charge in [-0.1, -0.05) is 26.2 Å². The normalized spacial score (nSPS) is 25.6. The van der Waals surface area contributed by atoms with Gasteiger partial charge in [0.1, 0.15) is 5.54 Å². The van der Waals surface area contributed by atoms with Gasteiger partial charge in [0.15, 0.2) is 0 Å². The van der Waals surface area contributed by atoms with E-state index in [-0.39, 0.29) is 0 Å². The molecule has 4 nitrogen and oxygen atoms in total. The number of nitrogens with one attached hydrogen (secondary N) is 1. The molecule has 2 aliphatic rings. The van der Waals surface area contributed by atoms with Crippen molar-refractivity contribution in [1.29, 1.82) is 0 Å². The molecule has 122 valence electrons. The van der Waals surface area contributed by atoms with Crippen molar-refractivity contribution >= 4 is 5.97 Å². The van der Waals surface area contributed by atoms with Crippen LogP contribution < -0.4 is 5.32 Å². The highest BCUT2D eigenvalue weighted by Crippen LogP contribution is 2.44. The highest BCUT2D eigenvalue weighted by atomic mass is 16.4. The van der Waals surface area contributed by atoms with Gasteiger partial charge in [0.25, 0.3) is 0 Å². The van der Waals surface area contributed by atoms with E-state index in [0.717, 1.165) is 19.6 Å². The Kier molecular flexibility index (Phi) is 5.67. The van der Waals surface area contributed by atoms with Gasteiger partial charge in [-0.05, 0) is 64.1 Å². The molecule has 1 atom stereocenters. The van der Waals surface area contributed by atoms with Crippen LogP contribution in [-0.4, -0.2) is 47.7 Å². The molecule has 1 heterocycles. The second kappa shape index (κ2) is 7.10. The Morgan fingerprint density at radius 2 is 1.81 bits per heavy atom. The van der Waals surface area contributed by atoms with Gasteiger partial charge in [-0.25, -0.2) is 0 Å². The largest absolute Gasteiger partial charge is 0.480 e. The Morgan fingerprint density at radius 3 is 2.33 bits per heavy atom. The van der Waals surface area contributed by atoms with E-state index >= 15 is 0 Å². The Morgan fingerprint density at radius 1 is 1.19 bits per heavy atom. The third-order valence-corrected chi connectivity index (χ3v) is 5.80. The molecule has 1 saturated carbocycles. The Hall–Kier alpha value is -0.610. The fourth-order valence-electron chi connectivity index (χ4n) is 4.10. The van der Waals surface area contributed by atoms with Crippen LogP contribution in [0.5, 0.6) is 0 Å². The summed E-state index contributed by atoms with van der Waals surface area (Å²) in [7, 11) is 0. The molecule has 0 amide bonds. The summed E-state index contributed by atoms with van der Waals surface area (Å²) in [6, 6.07) is 0. The maximum absolute atomic E-state index is 11.4. The van der Waals surface area contributed by atoms with Crippen LogP contribution in [0.4, 0.5) is 0 Å². The lowest BCUT2D eigenvalue weighted by molar-refractivity contribution is -0.144. The number of carbonyl (C=O) groups is 1. The van der Waals surface area contributed by atoms with Crippen LogP contribution in [0.25, 0.3) is 0 Å². The summed E-state index contributed by atoms with van der Waals surface area (Å²) in [6.45, 7) is 7.68. The molecule has 0 aromatic rings. The zero-order chi connectivity index (χ0) is 15.3. The maximum atomic E-state index is 11.4. The quantitative estimate of drug-likeness (QED) is 0.791. The summed E-state index contributed by atoms with van der Waals surface area (Å²) in [4.78, 5) is 13.9. The van der Waals surface area contributed by atoms with Crippen LogP contribution in [0.1, 0.15) is 65.2 Å². The van der Waals surface area contributed by atoms with Gasteiger partial charge >= 0.3 is 5.97 Å². The van der Waals surface area contributed by atoms with E-state index in [2.05, 4.69) is 10.2 Å². The zero-order valence-electron chi connectivity index (χ0n) is 13.8. The number of likely N-dealkylation sites (N-methyl/N-ethyl adjacent to an activating group) is 1. The van der Waals surface area contributed by atoms with E-state index in [4.69, 9.17) is 0 Å². The second-order valence-electron chi connectivity index (χ2n) is 7.32. The van der Waals surface area contributed by atoms with Crippen molar-refractivity contribution in [2.75, 3.05) is 26.2 Å². The first-order valence-corrected chi connectivity index (χ1v) is 8.70. The minimum Gasteiger partial charge on any atom is -0.480 e. The highest BCUT2D eigenvalue weighted by Gasteiger charge is 2.37. The number of hydrogen-bond donors (Lipinski definition) is 2. The molecule has 1 unspecified atom stereocenters. The number of likely N-dealkylation sites (tertiary alicyclic amines) is 1. The van der Waals surface area contributed by atoms with Gasteiger partial charge in [0.2, 0.25) is 0 Å². The molecule has 4 heteroatoms. The van der Waals surface area contributed by atoms with Crippen LogP contribution in [-0.2, 0) is 4.79 Å². The third kappa shape index (κ3) is 4.19. The Balaban J connectivity index is 1.79. The van der Waals surface area contributed by atoms with Crippen molar-refractivity contribution < 1.29 is 9.90 Å². The first kappa shape index (κ1) is 16.8. The molecule has 1 aliphatic heterocycles. The standard InChI is InChI=1S/C17H32N2O2/c1-3-18-16(2,15(20)21)9-12-19-13-10-17(11-14-19)7-5-4-6-8-17/h18H,3-14H2,1-2H3,(H,20,21). The number of aliphatic carboxylic acids is 1. The van der Waals surface area contributed by atoms with E-state index in [1.807, 2.05) is 13.8 Å². The van der Waals surface area contributed by atoms with E-state index in [1.165, 1.54) is 44.9 Å². The van der Waals surface area contributed by atoms with Crippen molar-refractivity contribution in [3.8, 4) is 0 Å². The predicted molar refractivity (Wildman–Crippen MR) is 85.5 cm³/mol. The maximum Gasteiger partial charge on any atom is 0.323 e. The molecule has 0 bridgehead atoms. The molecule has 1 aliphatic carbocycles. The lowest BCUT2D eigenvalue weighted by atomic mass is 9.68. The molecular weight excluding hydrogens is 264 g/mol. The number of piperidine rings is 1. The van der Waals surface area contributed by atoms with E-state index in [1.54, 1.807) is 0 Å². The fourth-order valence-corrected chi connectivity index (χ4v) is 4.10. The predicted octanol–water partition coefficient (Wildman–Crippen LogP) is 2.88. The Bertz CT molecular complexity index is 343. The minimum absolute atomic E-state index is 0.631. The van der Waals surface area contributed by atoms with Crippen LogP contribution in [0.2, 0.25) is 0 Å². The summed E-state index contributed by atoms with van der Waals surface area (Å²) < 4.78 is 0. The van der Waals surface area contributed by atoms with Crippen molar-refractivity contribution in [3.63, 3.8) is 0 Å². The molecular formula is C17H32N2O2. The van der Waals surface area contributed by atoms with E-state index in [9.17, 15) is 9.90 Å². The van der Waals surface area contributed by atoms with Gasteiger partial charge < -0.3 is 15.3 Å². The molecule has 2 rings (SSSR count). The molecule has 0 aromatic heterocycles. The van der Waals surface area contributed by atoms with Gasteiger partial charge in [0.05, 0.1) is 0 Å². The topological polar surface area (TPSA) is 52.6 Å². The molecule has 2 fully saturated rings. The van der Waals surface area contributed by atoms with Gasteiger partial charge in [-0.15, -0.1) is 0 Å². The highest BCUT2D eigenvalue weighted by molar-refractivity contribution is 5.78. The average Bonchev–Trinajstić information content (AvgIpc) is 2.48. The van der Waals surface area contributed by atoms with Crippen LogP contribution >= 0.6 is 0 Å². The zero-order valence-corrected chi connectivity index (χ0v) is 13.8. The molecule has 1 spiro atoms. The lowest BCUT2D eigenvalue weighted by Crippen LogP contribution is -2.52. The number of nitrogens with zero attached hydrogens (tertiary/aromatic N) is 1. The molecule has 21 heavy (non-hydrogen) atoms. The SMILES string of the molecule is CCNC(C)(CCN1CCC2(CCCCC2)CC1)C(=O)O. The van der Waals surface area contributed by atoms with Crippen molar-refractivity contribution in [3.05, 3.63) is 0 Å². The molecule has 1 saturated heterocycles. The monoisotopic (exact) mass is 296 g/mol. The lowest BCUT2D eigenvalue weighted by Gasteiger charge is -2.44. The fraction of sp³-hybridized carbons (Fsp3) is 0.941. The van der Waals surface area contributed by atoms with E-state index < -0.39 is 11.5 Å². The first-order chi connectivity index (χ1) is 10.00. The first-order valence-electron chi connectivity index (χ1n) is 8.70. The summed E-state index contributed by atoms with van der Waals surface area (Å²) in [6.07, 6.45) is 10.4. The smallest absolute Gasteiger partial charge is 0.323 e. The molecule has 0 radical (unpaired) electrons. The van der Waals surface area contributed by atoms with Crippen molar-refractivity contribution in [2.24, 2.45) is 5.41 Å². The Labute approximate surface area is 129 Å².